The molecule has 0 saturated carbocycles. The first-order valence-corrected chi connectivity index (χ1v) is 7.51. The number of nitrogens with zero attached hydrogens (tertiary/aromatic N) is 4. The lowest BCUT2D eigenvalue weighted by atomic mass is 10.0. The number of ether oxygens (including phenoxy) is 1. The van der Waals surface area contributed by atoms with E-state index in [9.17, 15) is 4.79 Å². The van der Waals surface area contributed by atoms with Gasteiger partial charge in [0, 0.05) is 44.5 Å². The highest BCUT2D eigenvalue weighted by atomic mass is 16.5. The lowest BCUT2D eigenvalue weighted by molar-refractivity contribution is 0.0586. The van der Waals surface area contributed by atoms with Crippen LogP contribution in [0.2, 0.25) is 0 Å². The van der Waals surface area contributed by atoms with E-state index in [0.717, 1.165) is 26.2 Å². The van der Waals surface area contributed by atoms with Crippen LogP contribution in [0.4, 0.5) is 0 Å². The molecule has 122 valence electrons. The summed E-state index contributed by atoms with van der Waals surface area (Å²) in [4.78, 5) is 24.9. The zero-order chi connectivity index (χ0) is 16.2. The monoisotopic (exact) mass is 307 g/mol. The van der Waals surface area contributed by atoms with E-state index in [4.69, 9.17) is 4.74 Å². The maximum absolute atomic E-state index is 12.2. The highest BCUT2D eigenvalue weighted by Crippen LogP contribution is 2.16. The summed E-state index contributed by atoms with van der Waals surface area (Å²) in [7, 11) is 3.61. The maximum atomic E-state index is 12.2. The standard InChI is InChI=1S/C15H25N5O2/c1-15(2,20-9-7-19(3)8-10-20)11-17-13(21)12-5-6-16-14(18-12)22-4/h5-6H,7-11H2,1-4H3,(H,17,21). The molecule has 1 fully saturated rings. The summed E-state index contributed by atoms with van der Waals surface area (Å²) in [5.41, 5.74) is 0.231. The lowest BCUT2D eigenvalue weighted by Crippen LogP contribution is -2.57. The van der Waals surface area contributed by atoms with Crippen molar-refractivity contribution in [3.8, 4) is 6.01 Å². The van der Waals surface area contributed by atoms with Crippen molar-refractivity contribution in [2.24, 2.45) is 0 Å². The van der Waals surface area contributed by atoms with E-state index < -0.39 is 0 Å². The van der Waals surface area contributed by atoms with E-state index >= 15 is 0 Å². The summed E-state index contributed by atoms with van der Waals surface area (Å²) in [5.74, 6) is -0.206. The molecule has 2 rings (SSSR count). The van der Waals surface area contributed by atoms with Gasteiger partial charge in [0.1, 0.15) is 5.69 Å². The van der Waals surface area contributed by atoms with Crippen LogP contribution in [0.25, 0.3) is 0 Å². The van der Waals surface area contributed by atoms with Gasteiger partial charge in [-0.05, 0) is 27.0 Å². The summed E-state index contributed by atoms with van der Waals surface area (Å²) >= 11 is 0. The fourth-order valence-corrected chi connectivity index (χ4v) is 2.48. The Morgan fingerprint density at radius 2 is 2.05 bits per heavy atom. The number of hydrogen-bond acceptors (Lipinski definition) is 6. The van der Waals surface area contributed by atoms with E-state index in [0.29, 0.717) is 12.2 Å². The Labute approximate surface area is 131 Å². The normalized spacial score (nSPS) is 17.3. The number of carbonyl (C=O) groups is 1. The molecule has 7 heteroatoms. The van der Waals surface area contributed by atoms with Crippen molar-refractivity contribution in [3.05, 3.63) is 18.0 Å². The van der Waals surface area contributed by atoms with Gasteiger partial charge in [-0.2, -0.15) is 4.98 Å². The zero-order valence-electron chi connectivity index (χ0n) is 13.8. The van der Waals surface area contributed by atoms with Gasteiger partial charge in [-0.3, -0.25) is 9.69 Å². The maximum Gasteiger partial charge on any atom is 0.316 e. The molecule has 7 nitrogen and oxygen atoms in total. The fraction of sp³-hybridized carbons (Fsp3) is 0.667. The highest BCUT2D eigenvalue weighted by Gasteiger charge is 2.29. The highest BCUT2D eigenvalue weighted by molar-refractivity contribution is 5.92. The first-order chi connectivity index (χ1) is 10.4. The molecule has 1 amide bonds. The summed E-state index contributed by atoms with van der Waals surface area (Å²) in [5, 5.41) is 2.96. The molecule has 0 unspecified atom stereocenters. The summed E-state index contributed by atoms with van der Waals surface area (Å²) in [6, 6.07) is 1.78. The van der Waals surface area contributed by atoms with Gasteiger partial charge in [-0.25, -0.2) is 4.98 Å². The Bertz CT molecular complexity index is 512. The molecule has 1 aromatic heterocycles. The molecule has 0 atom stereocenters. The number of piperazine rings is 1. The quantitative estimate of drug-likeness (QED) is 0.840. The number of hydrogen-bond donors (Lipinski definition) is 1. The van der Waals surface area contributed by atoms with Crippen molar-refractivity contribution in [2.75, 3.05) is 46.9 Å². The van der Waals surface area contributed by atoms with Crippen LogP contribution in [-0.2, 0) is 0 Å². The van der Waals surface area contributed by atoms with Gasteiger partial charge < -0.3 is 15.0 Å². The van der Waals surface area contributed by atoms with Crippen LogP contribution < -0.4 is 10.1 Å². The molecule has 1 aliphatic rings. The van der Waals surface area contributed by atoms with Crippen LogP contribution in [-0.4, -0.2) is 78.1 Å². The Balaban J connectivity index is 1.91. The molecule has 22 heavy (non-hydrogen) atoms. The molecule has 1 aromatic rings. The van der Waals surface area contributed by atoms with Crippen molar-refractivity contribution in [2.45, 2.75) is 19.4 Å². The van der Waals surface area contributed by atoms with Crippen LogP contribution in [0.5, 0.6) is 6.01 Å². The minimum absolute atomic E-state index is 0.0892. The number of amides is 1. The average molecular weight is 307 g/mol. The average Bonchev–Trinajstić information content (AvgIpc) is 2.53. The Morgan fingerprint density at radius 1 is 1.36 bits per heavy atom. The van der Waals surface area contributed by atoms with Gasteiger partial charge in [0.25, 0.3) is 5.91 Å². The molecular formula is C15H25N5O2. The summed E-state index contributed by atoms with van der Waals surface area (Å²) in [6.45, 7) is 9.02. The molecule has 0 radical (unpaired) electrons. The smallest absolute Gasteiger partial charge is 0.316 e. The van der Waals surface area contributed by atoms with Crippen LogP contribution in [0.1, 0.15) is 24.3 Å². The lowest BCUT2D eigenvalue weighted by Gasteiger charge is -2.43. The third-order valence-electron chi connectivity index (χ3n) is 4.09. The Morgan fingerprint density at radius 3 is 2.68 bits per heavy atom. The predicted octanol–water partition coefficient (Wildman–Crippen LogP) is 0.241. The fourth-order valence-electron chi connectivity index (χ4n) is 2.48. The molecular weight excluding hydrogens is 282 g/mol. The minimum Gasteiger partial charge on any atom is -0.467 e. The SMILES string of the molecule is COc1nccc(C(=O)NCC(C)(C)N2CCN(C)CC2)n1. The van der Waals surface area contributed by atoms with Gasteiger partial charge in [0.2, 0.25) is 0 Å². The molecule has 0 aromatic carbocycles. The Kier molecular flexibility index (Phi) is 5.31. The number of nitrogens with one attached hydrogen (secondary N) is 1. The second-order valence-corrected chi connectivity index (χ2v) is 6.21. The number of carbonyl (C=O) groups excluding carboxylic acids is 1. The molecule has 0 spiro atoms. The van der Waals surface area contributed by atoms with Crippen molar-refractivity contribution in [1.29, 1.82) is 0 Å². The molecule has 0 aliphatic carbocycles. The number of methoxy groups -OCH3 is 1. The topological polar surface area (TPSA) is 70.6 Å². The second kappa shape index (κ2) is 7.02. The van der Waals surface area contributed by atoms with E-state index in [1.165, 1.54) is 13.3 Å². The van der Waals surface area contributed by atoms with E-state index in [2.05, 4.69) is 46.0 Å². The summed E-state index contributed by atoms with van der Waals surface area (Å²) < 4.78 is 4.94. The van der Waals surface area contributed by atoms with Gasteiger partial charge in [-0.15, -0.1) is 0 Å². The van der Waals surface area contributed by atoms with E-state index in [1.54, 1.807) is 6.07 Å². The molecule has 1 aliphatic heterocycles. The van der Waals surface area contributed by atoms with Crippen LogP contribution in [0.3, 0.4) is 0 Å². The third-order valence-corrected chi connectivity index (χ3v) is 4.09. The zero-order valence-corrected chi connectivity index (χ0v) is 13.8. The molecule has 2 heterocycles. The van der Waals surface area contributed by atoms with Gasteiger partial charge in [-0.1, -0.05) is 0 Å². The number of aromatic nitrogens is 2. The third kappa shape index (κ3) is 4.14. The van der Waals surface area contributed by atoms with Crippen molar-refractivity contribution in [3.63, 3.8) is 0 Å². The number of rotatable bonds is 5. The van der Waals surface area contributed by atoms with Gasteiger partial charge in [0.15, 0.2) is 0 Å². The van der Waals surface area contributed by atoms with Crippen LogP contribution in [0.15, 0.2) is 12.3 Å². The first-order valence-electron chi connectivity index (χ1n) is 7.51. The van der Waals surface area contributed by atoms with Crippen LogP contribution >= 0.6 is 0 Å². The predicted molar refractivity (Wildman–Crippen MR) is 84.1 cm³/mol. The van der Waals surface area contributed by atoms with Gasteiger partial charge in [0.05, 0.1) is 7.11 Å². The molecule has 1 N–H and O–H groups in total. The molecule has 0 bridgehead atoms. The molecule has 1 saturated heterocycles. The first kappa shape index (κ1) is 16.6. The van der Waals surface area contributed by atoms with E-state index in [-0.39, 0.29) is 17.5 Å². The van der Waals surface area contributed by atoms with Crippen LogP contribution in [0, 0.1) is 0 Å². The largest absolute Gasteiger partial charge is 0.467 e. The summed E-state index contributed by atoms with van der Waals surface area (Å²) in [6.07, 6.45) is 1.52. The Hall–Kier alpha value is -1.73. The van der Waals surface area contributed by atoms with Crippen molar-refractivity contribution in [1.82, 2.24) is 25.1 Å². The van der Waals surface area contributed by atoms with Crippen molar-refractivity contribution < 1.29 is 9.53 Å². The van der Waals surface area contributed by atoms with E-state index in [1.807, 2.05) is 0 Å². The number of likely N-dealkylation sites (N-methyl/N-ethyl adjacent to an activating group) is 1. The minimum atomic E-state index is -0.206. The second-order valence-electron chi connectivity index (χ2n) is 6.21. The van der Waals surface area contributed by atoms with Gasteiger partial charge >= 0.3 is 6.01 Å². The van der Waals surface area contributed by atoms with Crippen molar-refractivity contribution >= 4 is 5.91 Å².